The fourth-order valence-electron chi connectivity index (χ4n) is 1.74. The minimum atomic E-state index is -3.56. The van der Waals surface area contributed by atoms with Crippen molar-refractivity contribution >= 4 is 37.3 Å². The molecule has 0 saturated heterocycles. The van der Waals surface area contributed by atoms with Gasteiger partial charge in [-0.1, -0.05) is 0 Å². The number of sulfonamides is 1. The Morgan fingerprint density at radius 3 is 2.70 bits per heavy atom. The molecule has 0 saturated carbocycles. The first-order chi connectivity index (χ1) is 9.42. The molecule has 2 aromatic heterocycles. The normalized spacial score (nSPS) is 11.9. The summed E-state index contributed by atoms with van der Waals surface area (Å²) in [4.78, 5) is 1.13. The minimum Gasteiger partial charge on any atom is -0.464 e. The van der Waals surface area contributed by atoms with Gasteiger partial charge < -0.3 is 9.73 Å². The van der Waals surface area contributed by atoms with Crippen LogP contribution in [0.15, 0.2) is 31.3 Å². The SMILES string of the molecule is CNCc1cc(S(=O)(=O)NCc2ccc(Br)s2)c(C)o1. The third-order valence-corrected chi connectivity index (χ3v) is 5.76. The molecule has 2 heterocycles. The van der Waals surface area contributed by atoms with Crippen molar-refractivity contribution in [3.05, 3.63) is 38.4 Å². The first-order valence-electron chi connectivity index (χ1n) is 5.90. The largest absolute Gasteiger partial charge is 0.464 e. The summed E-state index contributed by atoms with van der Waals surface area (Å²) in [6, 6.07) is 5.33. The zero-order chi connectivity index (χ0) is 14.8. The Labute approximate surface area is 130 Å². The predicted molar refractivity (Wildman–Crippen MR) is 82.3 cm³/mol. The molecule has 0 atom stereocenters. The van der Waals surface area contributed by atoms with Gasteiger partial charge in [0.05, 0.1) is 10.3 Å². The molecule has 0 radical (unpaired) electrons. The van der Waals surface area contributed by atoms with Crippen LogP contribution in [0.25, 0.3) is 0 Å². The number of rotatable bonds is 6. The molecule has 2 N–H and O–H groups in total. The molecule has 0 aliphatic rings. The van der Waals surface area contributed by atoms with E-state index in [9.17, 15) is 8.42 Å². The maximum Gasteiger partial charge on any atom is 0.244 e. The molecule has 110 valence electrons. The van der Waals surface area contributed by atoms with Gasteiger partial charge in [0.15, 0.2) is 0 Å². The van der Waals surface area contributed by atoms with E-state index >= 15 is 0 Å². The highest BCUT2D eigenvalue weighted by atomic mass is 79.9. The zero-order valence-electron chi connectivity index (χ0n) is 11.1. The van der Waals surface area contributed by atoms with Gasteiger partial charge in [-0.25, -0.2) is 13.1 Å². The first-order valence-corrected chi connectivity index (χ1v) is 8.99. The molecule has 2 aromatic rings. The molecule has 0 unspecified atom stereocenters. The van der Waals surface area contributed by atoms with Crippen LogP contribution in [0.2, 0.25) is 0 Å². The lowest BCUT2D eigenvalue weighted by Gasteiger charge is -2.03. The summed E-state index contributed by atoms with van der Waals surface area (Å²) < 4.78 is 33.5. The Morgan fingerprint density at radius 1 is 1.35 bits per heavy atom. The molecule has 0 fully saturated rings. The minimum absolute atomic E-state index is 0.193. The molecule has 0 amide bonds. The summed E-state index contributed by atoms with van der Waals surface area (Å²) in [6.07, 6.45) is 0. The summed E-state index contributed by atoms with van der Waals surface area (Å²) >= 11 is 4.85. The Balaban J connectivity index is 2.13. The van der Waals surface area contributed by atoms with Crippen LogP contribution in [0, 0.1) is 6.92 Å². The van der Waals surface area contributed by atoms with Gasteiger partial charge in [-0.2, -0.15) is 0 Å². The Kier molecular flexibility index (Phi) is 5.03. The second-order valence-electron chi connectivity index (χ2n) is 4.19. The van der Waals surface area contributed by atoms with Gasteiger partial charge in [0.2, 0.25) is 10.0 Å². The summed E-state index contributed by atoms with van der Waals surface area (Å²) in [5.41, 5.74) is 0. The van der Waals surface area contributed by atoms with Gasteiger partial charge in [0, 0.05) is 17.5 Å². The molecular formula is C12H15BrN2O3S2. The van der Waals surface area contributed by atoms with Crippen LogP contribution in [0.3, 0.4) is 0 Å². The van der Waals surface area contributed by atoms with E-state index in [4.69, 9.17) is 4.42 Å². The second kappa shape index (κ2) is 6.40. The topological polar surface area (TPSA) is 71.3 Å². The second-order valence-corrected chi connectivity index (χ2v) is 8.48. The van der Waals surface area contributed by atoms with Gasteiger partial charge in [-0.05, 0) is 42.0 Å². The number of thiophene rings is 1. The number of hydrogen-bond acceptors (Lipinski definition) is 5. The van der Waals surface area contributed by atoms with Crippen LogP contribution < -0.4 is 10.0 Å². The Bertz CT molecular complexity index is 691. The molecule has 0 aliphatic heterocycles. The number of aryl methyl sites for hydroxylation is 1. The highest BCUT2D eigenvalue weighted by Gasteiger charge is 2.21. The summed E-state index contributed by atoms with van der Waals surface area (Å²) in [5, 5.41) is 2.92. The van der Waals surface area contributed by atoms with Crippen molar-refractivity contribution in [3.8, 4) is 0 Å². The molecule has 0 aliphatic carbocycles. The van der Waals surface area contributed by atoms with Crippen molar-refractivity contribution < 1.29 is 12.8 Å². The lowest BCUT2D eigenvalue weighted by Crippen LogP contribution is -2.23. The van der Waals surface area contributed by atoms with Crippen molar-refractivity contribution in [2.75, 3.05) is 7.05 Å². The monoisotopic (exact) mass is 378 g/mol. The van der Waals surface area contributed by atoms with Gasteiger partial charge in [-0.3, -0.25) is 0 Å². The molecule has 5 nitrogen and oxygen atoms in total. The Morgan fingerprint density at radius 2 is 2.10 bits per heavy atom. The van der Waals surface area contributed by atoms with E-state index in [0.29, 0.717) is 18.1 Å². The van der Waals surface area contributed by atoms with Crippen molar-refractivity contribution in [2.45, 2.75) is 24.9 Å². The van der Waals surface area contributed by atoms with Crippen molar-refractivity contribution in [2.24, 2.45) is 0 Å². The van der Waals surface area contributed by atoms with Crippen LogP contribution in [-0.2, 0) is 23.1 Å². The summed E-state index contributed by atoms with van der Waals surface area (Å²) in [6.45, 7) is 2.41. The average Bonchev–Trinajstić information content (AvgIpc) is 2.94. The molecular weight excluding hydrogens is 364 g/mol. The van der Waals surface area contributed by atoms with E-state index in [1.165, 1.54) is 11.3 Å². The molecule has 0 spiro atoms. The smallest absolute Gasteiger partial charge is 0.244 e. The first kappa shape index (κ1) is 15.7. The average molecular weight is 379 g/mol. The van der Waals surface area contributed by atoms with E-state index in [1.54, 1.807) is 20.0 Å². The third-order valence-electron chi connectivity index (χ3n) is 2.63. The van der Waals surface area contributed by atoms with Gasteiger partial charge in [-0.15, -0.1) is 11.3 Å². The van der Waals surface area contributed by atoms with E-state index in [-0.39, 0.29) is 11.4 Å². The van der Waals surface area contributed by atoms with Gasteiger partial charge in [0.1, 0.15) is 16.4 Å². The van der Waals surface area contributed by atoms with Crippen LogP contribution in [0.1, 0.15) is 16.4 Å². The van der Waals surface area contributed by atoms with Crippen molar-refractivity contribution in [3.63, 3.8) is 0 Å². The number of furan rings is 1. The standard InChI is InChI=1S/C12H15BrN2O3S2/c1-8-11(5-9(18-8)6-14-2)20(16,17)15-7-10-3-4-12(13)19-10/h3-5,14-15H,6-7H2,1-2H3. The maximum atomic E-state index is 12.3. The predicted octanol–water partition coefficient (Wildman–Crippen LogP) is 2.61. The van der Waals surface area contributed by atoms with Crippen molar-refractivity contribution in [1.82, 2.24) is 10.0 Å². The van der Waals surface area contributed by atoms with E-state index in [2.05, 4.69) is 26.0 Å². The Hall–Kier alpha value is -0.670. The van der Waals surface area contributed by atoms with E-state index in [1.807, 2.05) is 12.1 Å². The molecule has 2 rings (SSSR count). The number of hydrogen-bond donors (Lipinski definition) is 2. The third kappa shape index (κ3) is 3.70. The fraction of sp³-hybridized carbons (Fsp3) is 0.333. The highest BCUT2D eigenvalue weighted by Crippen LogP contribution is 2.23. The fourth-order valence-corrected chi connectivity index (χ4v) is 4.47. The lowest BCUT2D eigenvalue weighted by atomic mass is 10.4. The van der Waals surface area contributed by atoms with Gasteiger partial charge >= 0.3 is 0 Å². The van der Waals surface area contributed by atoms with Crippen LogP contribution >= 0.6 is 27.3 Å². The lowest BCUT2D eigenvalue weighted by molar-refractivity contribution is 0.465. The van der Waals surface area contributed by atoms with Crippen LogP contribution in [0.5, 0.6) is 0 Å². The van der Waals surface area contributed by atoms with Crippen LogP contribution in [-0.4, -0.2) is 15.5 Å². The number of halogens is 1. The van der Waals surface area contributed by atoms with E-state index in [0.717, 1.165) is 8.66 Å². The molecule has 0 bridgehead atoms. The van der Waals surface area contributed by atoms with E-state index < -0.39 is 10.0 Å². The van der Waals surface area contributed by atoms with Gasteiger partial charge in [0.25, 0.3) is 0 Å². The quantitative estimate of drug-likeness (QED) is 0.810. The molecule has 8 heteroatoms. The summed E-state index contributed by atoms with van der Waals surface area (Å²) in [5.74, 6) is 0.999. The van der Waals surface area contributed by atoms with Crippen molar-refractivity contribution in [1.29, 1.82) is 0 Å². The highest BCUT2D eigenvalue weighted by molar-refractivity contribution is 9.11. The summed E-state index contributed by atoms with van der Waals surface area (Å²) in [7, 11) is -1.78. The zero-order valence-corrected chi connectivity index (χ0v) is 14.3. The van der Waals surface area contributed by atoms with Crippen LogP contribution in [0.4, 0.5) is 0 Å². The molecule has 20 heavy (non-hydrogen) atoms. The maximum absolute atomic E-state index is 12.3. The molecule has 0 aromatic carbocycles. The number of nitrogens with one attached hydrogen (secondary N) is 2.